The van der Waals surface area contributed by atoms with Gasteiger partial charge in [0.15, 0.2) is 0 Å². The summed E-state index contributed by atoms with van der Waals surface area (Å²) in [7, 11) is 0. The van der Waals surface area contributed by atoms with Gasteiger partial charge in [0.05, 0.1) is 15.8 Å². The number of piperidine rings is 2. The van der Waals surface area contributed by atoms with Crippen molar-refractivity contribution in [2.45, 2.75) is 63.5 Å². The second kappa shape index (κ2) is 12.1. The fraction of sp³-hybridized carbons (Fsp3) is 0.429. The molecule has 2 heterocycles. The molecule has 2 saturated heterocycles. The second-order valence-electron chi connectivity index (χ2n) is 12.7. The molecule has 3 aromatic carbocycles. The number of nitrogens with zero attached hydrogens (tertiary/aromatic N) is 2. The normalized spacial score (nSPS) is 28.7. The summed E-state index contributed by atoms with van der Waals surface area (Å²) in [6.07, 6.45) is 1.89. The second-order valence-corrected chi connectivity index (χ2v) is 12.7. The van der Waals surface area contributed by atoms with Crippen molar-refractivity contribution < 1.29 is 24.7 Å². The molecule has 2 aliphatic heterocycles. The summed E-state index contributed by atoms with van der Waals surface area (Å²) in [5.74, 6) is -3.26. The van der Waals surface area contributed by atoms with Crippen LogP contribution in [0.25, 0.3) is 0 Å². The third kappa shape index (κ3) is 5.18. The maximum absolute atomic E-state index is 13.5. The summed E-state index contributed by atoms with van der Waals surface area (Å²) < 4.78 is 0. The molecule has 0 bridgehead atoms. The molecular formula is C35H41N3O6. The molecule has 2 aliphatic rings. The minimum absolute atomic E-state index is 0.161. The fourth-order valence-electron chi connectivity index (χ4n) is 8.04. The number of hydrogen-bond acceptors (Lipinski definition) is 6. The molecule has 0 aliphatic carbocycles. The first-order valence-electron chi connectivity index (χ1n) is 15.3. The maximum atomic E-state index is 13.5. The Hall–Kier alpha value is -4.08. The summed E-state index contributed by atoms with van der Waals surface area (Å²) >= 11 is 0. The summed E-state index contributed by atoms with van der Waals surface area (Å²) in [6.45, 7) is 7.05. The number of nitro benzene ring substituents is 1. The van der Waals surface area contributed by atoms with E-state index in [2.05, 4.69) is 58.7 Å². The van der Waals surface area contributed by atoms with Crippen LogP contribution in [-0.4, -0.2) is 63.7 Å². The van der Waals surface area contributed by atoms with E-state index in [0.717, 1.165) is 25.9 Å². The lowest BCUT2D eigenvalue weighted by atomic mass is 9.51. The first kappa shape index (κ1) is 31.3. The molecule has 9 nitrogen and oxygen atoms in total. The van der Waals surface area contributed by atoms with Crippen LogP contribution in [0, 0.1) is 20.9 Å². The van der Waals surface area contributed by atoms with Gasteiger partial charge in [-0.05, 0) is 76.4 Å². The van der Waals surface area contributed by atoms with Gasteiger partial charge >= 0.3 is 11.9 Å². The van der Waals surface area contributed by atoms with E-state index >= 15 is 0 Å². The van der Waals surface area contributed by atoms with E-state index in [1.807, 2.05) is 12.1 Å². The number of aliphatic carboxylic acids is 2. The van der Waals surface area contributed by atoms with Crippen LogP contribution in [0.5, 0.6) is 0 Å². The van der Waals surface area contributed by atoms with Crippen LogP contribution in [0.15, 0.2) is 84.9 Å². The van der Waals surface area contributed by atoms with E-state index in [9.17, 15) is 29.9 Å². The minimum Gasteiger partial charge on any atom is -0.481 e. The Balaban J connectivity index is 1.49. The van der Waals surface area contributed by atoms with Crippen molar-refractivity contribution in [3.8, 4) is 0 Å². The molecule has 2 fully saturated rings. The molecule has 44 heavy (non-hydrogen) atoms. The Labute approximate surface area is 258 Å². The van der Waals surface area contributed by atoms with Gasteiger partial charge in [-0.2, -0.15) is 0 Å². The van der Waals surface area contributed by atoms with Crippen molar-refractivity contribution >= 4 is 17.6 Å². The molecule has 3 aromatic rings. The van der Waals surface area contributed by atoms with Gasteiger partial charge in [0.1, 0.15) is 0 Å². The highest BCUT2D eigenvalue weighted by atomic mass is 16.6. The molecule has 0 aromatic heterocycles. The maximum Gasteiger partial charge on any atom is 0.311 e. The van der Waals surface area contributed by atoms with Crippen LogP contribution in [0.4, 0.5) is 5.69 Å². The molecule has 0 spiro atoms. The molecule has 232 valence electrons. The Bertz CT molecular complexity index is 1470. The van der Waals surface area contributed by atoms with Crippen molar-refractivity contribution in [2.24, 2.45) is 10.8 Å². The topological polar surface area (TPSA) is 133 Å². The quantitative estimate of drug-likeness (QED) is 0.211. The molecule has 5 rings (SSSR count). The monoisotopic (exact) mass is 599 g/mol. The Morgan fingerprint density at radius 2 is 1.45 bits per heavy atom. The number of likely N-dealkylation sites (tertiary alicyclic amines) is 1. The van der Waals surface area contributed by atoms with E-state index < -0.39 is 45.7 Å². The van der Waals surface area contributed by atoms with Gasteiger partial charge in [0, 0.05) is 35.5 Å². The number of rotatable bonds is 9. The van der Waals surface area contributed by atoms with Crippen molar-refractivity contribution in [1.29, 1.82) is 0 Å². The van der Waals surface area contributed by atoms with E-state index in [1.54, 1.807) is 26.8 Å². The van der Waals surface area contributed by atoms with Gasteiger partial charge in [0.2, 0.25) is 0 Å². The van der Waals surface area contributed by atoms with Crippen LogP contribution in [-0.2, 0) is 15.0 Å². The molecule has 5 unspecified atom stereocenters. The molecular weight excluding hydrogens is 558 g/mol. The van der Waals surface area contributed by atoms with E-state index in [4.69, 9.17) is 0 Å². The van der Waals surface area contributed by atoms with Gasteiger partial charge in [-0.3, -0.25) is 19.7 Å². The fourth-order valence-corrected chi connectivity index (χ4v) is 8.04. The van der Waals surface area contributed by atoms with Crippen LogP contribution >= 0.6 is 0 Å². The highest BCUT2D eigenvalue weighted by Crippen LogP contribution is 2.57. The number of carboxylic acids is 2. The molecule has 0 saturated carbocycles. The number of carbonyl (C=O) groups is 2. The third-order valence-electron chi connectivity index (χ3n) is 10.8. The molecule has 5 atom stereocenters. The predicted octanol–water partition coefficient (Wildman–Crippen LogP) is 5.69. The summed E-state index contributed by atoms with van der Waals surface area (Å²) in [5.41, 5.74) is -0.559. The van der Waals surface area contributed by atoms with Crippen molar-refractivity contribution in [3.05, 3.63) is 112 Å². The van der Waals surface area contributed by atoms with Gasteiger partial charge in [-0.15, -0.1) is 0 Å². The lowest BCUT2D eigenvalue weighted by Gasteiger charge is -2.56. The van der Waals surface area contributed by atoms with Crippen LogP contribution in [0.1, 0.15) is 62.6 Å². The standard InChI is InChI=1S/C35H41N3O6/c1-24-33(3,31(39)40)30(26-11-10-16-29(23-26)38(43)44)35(32(41)42,25(2)36-24)19-22-37-20-17-34(18-21-37,27-12-6-4-7-13-27)28-14-8-5-9-15-28/h4-16,23-25,30,36H,17-22H2,1-3H3,(H,39,40)(H,41,42). The van der Waals surface area contributed by atoms with Gasteiger partial charge in [-0.1, -0.05) is 72.8 Å². The number of hydrogen-bond donors (Lipinski definition) is 3. The minimum atomic E-state index is -1.54. The van der Waals surface area contributed by atoms with Gasteiger partial charge in [0.25, 0.3) is 5.69 Å². The zero-order chi connectivity index (χ0) is 31.7. The number of non-ortho nitro benzene ring substituents is 1. The highest BCUT2D eigenvalue weighted by molar-refractivity contribution is 5.84. The number of benzene rings is 3. The molecule has 0 amide bonds. The van der Waals surface area contributed by atoms with Gasteiger partial charge < -0.3 is 20.4 Å². The zero-order valence-electron chi connectivity index (χ0n) is 25.5. The Kier molecular flexibility index (Phi) is 8.64. The first-order valence-corrected chi connectivity index (χ1v) is 15.3. The van der Waals surface area contributed by atoms with Crippen molar-refractivity contribution in [3.63, 3.8) is 0 Å². The number of nitrogens with one attached hydrogen (secondary N) is 1. The summed E-state index contributed by atoms with van der Waals surface area (Å²) in [6, 6.07) is 25.7. The largest absolute Gasteiger partial charge is 0.481 e. The first-order chi connectivity index (χ1) is 21.0. The van der Waals surface area contributed by atoms with E-state index in [-0.39, 0.29) is 17.5 Å². The third-order valence-corrected chi connectivity index (χ3v) is 10.8. The predicted molar refractivity (Wildman–Crippen MR) is 168 cm³/mol. The zero-order valence-corrected chi connectivity index (χ0v) is 25.5. The van der Waals surface area contributed by atoms with E-state index in [1.165, 1.54) is 29.3 Å². The number of carboxylic acid groups (broad SMARTS) is 2. The Morgan fingerprint density at radius 1 is 0.886 bits per heavy atom. The molecule has 0 radical (unpaired) electrons. The lowest BCUT2D eigenvalue weighted by molar-refractivity contribution is -0.385. The average molecular weight is 600 g/mol. The number of nitro groups is 1. The molecule has 9 heteroatoms. The Morgan fingerprint density at radius 3 is 1.95 bits per heavy atom. The van der Waals surface area contributed by atoms with Crippen LogP contribution in [0.3, 0.4) is 0 Å². The van der Waals surface area contributed by atoms with Crippen molar-refractivity contribution in [2.75, 3.05) is 19.6 Å². The summed E-state index contributed by atoms with van der Waals surface area (Å²) in [5, 5.41) is 36.6. The van der Waals surface area contributed by atoms with Gasteiger partial charge in [-0.25, -0.2) is 0 Å². The van der Waals surface area contributed by atoms with Crippen LogP contribution in [0.2, 0.25) is 0 Å². The lowest BCUT2D eigenvalue weighted by Crippen LogP contribution is -2.69. The highest BCUT2D eigenvalue weighted by Gasteiger charge is 2.65. The summed E-state index contributed by atoms with van der Waals surface area (Å²) in [4.78, 5) is 39.9. The van der Waals surface area contributed by atoms with E-state index in [0.29, 0.717) is 12.1 Å². The average Bonchev–Trinajstić information content (AvgIpc) is 3.03. The smallest absolute Gasteiger partial charge is 0.311 e. The van der Waals surface area contributed by atoms with Crippen LogP contribution < -0.4 is 5.32 Å². The van der Waals surface area contributed by atoms with Crippen molar-refractivity contribution in [1.82, 2.24) is 10.2 Å². The SMILES string of the molecule is CC1NC(C)C(CCN2CCC(c3ccccc3)(c3ccccc3)CC2)(C(=O)O)C(c2cccc([N+](=O)[O-])c2)C1(C)C(=O)O. The molecule has 3 N–H and O–H groups in total.